The maximum Gasteiger partial charge on any atom is 1.00 e. The first-order chi connectivity index (χ1) is 4.56. The summed E-state index contributed by atoms with van der Waals surface area (Å²) in [5.41, 5.74) is 0. The molecule has 0 aliphatic rings. The molecule has 8 heteroatoms. The number of hydrogen-bond donors (Lipinski definition) is 1. The molecule has 0 saturated carbocycles. The number of rotatable bonds is 5. The largest absolute Gasteiger partial charge is 1.00 e. The van der Waals surface area contributed by atoms with Gasteiger partial charge in [0.25, 0.3) is 0 Å². The van der Waals surface area contributed by atoms with Crippen LogP contribution in [0.4, 0.5) is 0 Å². The van der Waals surface area contributed by atoms with E-state index in [4.69, 9.17) is 0 Å². The normalized spacial score (nSPS) is 10.7. The zero-order valence-corrected chi connectivity index (χ0v) is 10.00. The van der Waals surface area contributed by atoms with E-state index in [1.165, 1.54) is 0 Å². The van der Waals surface area contributed by atoms with Crippen molar-refractivity contribution in [3.63, 3.8) is 0 Å². The van der Waals surface area contributed by atoms with Gasteiger partial charge in [0.05, 0.1) is 0 Å². The first-order valence-electron chi connectivity index (χ1n) is 2.48. The van der Waals surface area contributed by atoms with E-state index < -0.39 is 10.4 Å². The van der Waals surface area contributed by atoms with E-state index in [0.717, 1.165) is 0 Å². The molecular weight excluding hydrogens is 201 g/mol. The summed E-state index contributed by atoms with van der Waals surface area (Å²) in [6, 6.07) is 0. The maximum atomic E-state index is 9.78. The van der Waals surface area contributed by atoms with Gasteiger partial charge in [-0.1, -0.05) is 0 Å². The molecule has 11 heavy (non-hydrogen) atoms. The Hall–Kier alpha value is 1.18. The first kappa shape index (κ1) is 14.7. The van der Waals surface area contributed by atoms with Crippen LogP contribution in [0.3, 0.4) is 0 Å². The van der Waals surface area contributed by atoms with Gasteiger partial charge in [0.15, 0.2) is 0 Å². The standard InChI is InChI=1S/C3H9NO4S2.Na/c1-4-2-3-9-8-10(5,6)7;/h4H,2-3H2,1H3,(H,5,6,7);/q;+1/p-1. The van der Waals surface area contributed by atoms with Gasteiger partial charge in [-0.25, -0.2) is 12.0 Å². The quantitative estimate of drug-likeness (QED) is 0.165. The van der Waals surface area contributed by atoms with Gasteiger partial charge in [0.1, 0.15) is 0 Å². The monoisotopic (exact) mass is 209 g/mol. The molecule has 0 aromatic rings. The van der Waals surface area contributed by atoms with Crippen molar-refractivity contribution in [1.82, 2.24) is 5.32 Å². The Morgan fingerprint density at radius 3 is 2.55 bits per heavy atom. The topological polar surface area (TPSA) is 78.5 Å². The summed E-state index contributed by atoms with van der Waals surface area (Å²) in [6.45, 7) is 0.597. The van der Waals surface area contributed by atoms with Crippen LogP contribution in [0, 0.1) is 0 Å². The molecule has 0 rings (SSSR count). The van der Waals surface area contributed by atoms with Crippen molar-refractivity contribution in [2.24, 2.45) is 0 Å². The molecule has 0 spiro atoms. The van der Waals surface area contributed by atoms with Crippen molar-refractivity contribution in [3.8, 4) is 0 Å². The van der Waals surface area contributed by atoms with Crippen molar-refractivity contribution < 1.29 is 46.2 Å². The molecular formula is C3H8NNaO4S2. The predicted octanol–water partition coefficient (Wildman–Crippen LogP) is -3.67. The Morgan fingerprint density at radius 2 is 2.18 bits per heavy atom. The van der Waals surface area contributed by atoms with E-state index in [1.807, 2.05) is 0 Å². The molecule has 0 aliphatic heterocycles. The zero-order chi connectivity index (χ0) is 8.04. The van der Waals surface area contributed by atoms with Crippen LogP contribution in [0.25, 0.3) is 0 Å². The second-order valence-corrected chi connectivity index (χ2v) is 3.41. The maximum absolute atomic E-state index is 9.78. The van der Waals surface area contributed by atoms with Crippen molar-refractivity contribution in [3.05, 3.63) is 0 Å². The Labute approximate surface area is 92.7 Å². The minimum absolute atomic E-state index is 0. The summed E-state index contributed by atoms with van der Waals surface area (Å²) in [5, 5.41) is 2.76. The van der Waals surface area contributed by atoms with Crippen molar-refractivity contribution in [2.75, 3.05) is 19.3 Å². The SMILES string of the molecule is CNCCSOS(=O)(=O)[O-].[Na+]. The van der Waals surface area contributed by atoms with E-state index in [-0.39, 0.29) is 29.6 Å². The average molecular weight is 209 g/mol. The summed E-state index contributed by atoms with van der Waals surface area (Å²) < 4.78 is 33.2. The van der Waals surface area contributed by atoms with Crippen molar-refractivity contribution >= 4 is 22.4 Å². The van der Waals surface area contributed by atoms with Crippen LogP contribution in [0.5, 0.6) is 0 Å². The molecule has 0 aromatic heterocycles. The molecule has 0 fully saturated rings. The van der Waals surface area contributed by atoms with Crippen LogP contribution in [-0.2, 0) is 14.0 Å². The average Bonchev–Trinajstić information content (AvgIpc) is 1.78. The summed E-state index contributed by atoms with van der Waals surface area (Å²) in [4.78, 5) is 0. The van der Waals surface area contributed by atoms with Crippen LogP contribution < -0.4 is 34.9 Å². The minimum atomic E-state index is -4.52. The second-order valence-electron chi connectivity index (χ2n) is 1.40. The molecule has 0 unspecified atom stereocenters. The first-order valence-corrected chi connectivity index (χ1v) is 4.72. The van der Waals surface area contributed by atoms with E-state index >= 15 is 0 Å². The van der Waals surface area contributed by atoms with E-state index in [2.05, 4.69) is 8.95 Å². The van der Waals surface area contributed by atoms with Crippen LogP contribution in [0.15, 0.2) is 0 Å². The van der Waals surface area contributed by atoms with Gasteiger partial charge in [-0.15, -0.1) is 0 Å². The van der Waals surface area contributed by atoms with Gasteiger partial charge in [-0.2, -0.15) is 0 Å². The third-order valence-corrected chi connectivity index (χ3v) is 1.99. The summed E-state index contributed by atoms with van der Waals surface area (Å²) in [5.74, 6) is 0.429. The number of nitrogens with one attached hydrogen (secondary N) is 1. The molecule has 0 saturated heterocycles. The summed E-state index contributed by atoms with van der Waals surface area (Å²) >= 11 is 0.622. The third kappa shape index (κ3) is 14.1. The van der Waals surface area contributed by atoms with Gasteiger partial charge in [0, 0.05) is 24.3 Å². The van der Waals surface area contributed by atoms with Gasteiger partial charge < -0.3 is 9.87 Å². The summed E-state index contributed by atoms with van der Waals surface area (Å²) in [6.07, 6.45) is 0. The van der Waals surface area contributed by atoms with Crippen molar-refractivity contribution in [1.29, 1.82) is 0 Å². The molecule has 62 valence electrons. The van der Waals surface area contributed by atoms with Crippen LogP contribution in [0.2, 0.25) is 0 Å². The molecule has 0 bridgehead atoms. The van der Waals surface area contributed by atoms with Crippen LogP contribution >= 0.6 is 12.0 Å². The molecule has 0 radical (unpaired) electrons. The third-order valence-electron chi connectivity index (χ3n) is 0.567. The minimum Gasteiger partial charge on any atom is -0.725 e. The summed E-state index contributed by atoms with van der Waals surface area (Å²) in [7, 11) is -2.80. The van der Waals surface area contributed by atoms with E-state index in [0.29, 0.717) is 24.3 Å². The molecule has 1 N–H and O–H groups in total. The molecule has 5 nitrogen and oxygen atoms in total. The van der Waals surface area contributed by atoms with Gasteiger partial charge in [-0.05, 0) is 7.05 Å². The molecule has 0 atom stereocenters. The molecule has 0 heterocycles. The van der Waals surface area contributed by atoms with Crippen LogP contribution in [-0.4, -0.2) is 32.3 Å². The Balaban J connectivity index is 0. The van der Waals surface area contributed by atoms with E-state index in [1.54, 1.807) is 7.05 Å². The van der Waals surface area contributed by atoms with Gasteiger partial charge in [-0.3, -0.25) is 0 Å². The molecule has 0 aromatic carbocycles. The molecule has 0 amide bonds. The fraction of sp³-hybridized carbons (Fsp3) is 1.00. The molecule has 0 aliphatic carbocycles. The van der Waals surface area contributed by atoms with E-state index in [9.17, 15) is 13.0 Å². The second kappa shape index (κ2) is 7.81. The van der Waals surface area contributed by atoms with Gasteiger partial charge >= 0.3 is 29.6 Å². The zero-order valence-electron chi connectivity index (χ0n) is 6.36. The van der Waals surface area contributed by atoms with Crippen molar-refractivity contribution in [2.45, 2.75) is 0 Å². The fourth-order valence-electron chi connectivity index (χ4n) is 0.237. The number of hydrogen-bond acceptors (Lipinski definition) is 6. The smallest absolute Gasteiger partial charge is 0.725 e. The Bertz CT molecular complexity index is 170. The van der Waals surface area contributed by atoms with Gasteiger partial charge in [0.2, 0.25) is 10.4 Å². The Kier molecular flexibility index (Phi) is 10.4. The fourth-order valence-corrected chi connectivity index (χ4v) is 1.27. The Morgan fingerprint density at radius 1 is 1.64 bits per heavy atom. The van der Waals surface area contributed by atoms with Crippen LogP contribution in [0.1, 0.15) is 0 Å². The predicted molar refractivity (Wildman–Crippen MR) is 37.2 cm³/mol.